The van der Waals surface area contributed by atoms with E-state index in [1.165, 1.54) is 0 Å². The lowest BCUT2D eigenvalue weighted by atomic mass is 9.82. The Hall–Kier alpha value is -0.770. The summed E-state index contributed by atoms with van der Waals surface area (Å²) >= 11 is 3.30. The summed E-state index contributed by atoms with van der Waals surface area (Å²) in [7, 11) is 0. The van der Waals surface area contributed by atoms with E-state index in [1.807, 2.05) is 0 Å². The van der Waals surface area contributed by atoms with Crippen LogP contribution in [0, 0.1) is 5.92 Å². The second kappa shape index (κ2) is 3.77. The first-order valence-electron chi connectivity index (χ1n) is 4.80. The highest BCUT2D eigenvalue weighted by atomic mass is 79.9. The van der Waals surface area contributed by atoms with E-state index in [2.05, 4.69) is 33.2 Å². The van der Waals surface area contributed by atoms with Crippen molar-refractivity contribution in [1.82, 2.24) is 10.3 Å². The molecule has 0 bridgehead atoms. The topological polar surface area (TPSA) is 44.9 Å². The number of aromatic nitrogens is 1. The number of carbonyl (C=O) groups excluding carboxylic acids is 1. The molecule has 1 aromatic rings. The molecule has 3 nitrogen and oxygen atoms in total. The second-order valence-corrected chi connectivity index (χ2v) is 4.89. The van der Waals surface area contributed by atoms with Crippen molar-refractivity contribution in [3.63, 3.8) is 0 Å². The molecule has 1 aliphatic carbocycles. The van der Waals surface area contributed by atoms with Crippen molar-refractivity contribution >= 4 is 21.8 Å². The van der Waals surface area contributed by atoms with Crippen LogP contribution in [0.2, 0.25) is 0 Å². The average molecular weight is 257 g/mol. The smallest absolute Gasteiger partial charge is 0.267 e. The number of rotatable bonds is 2. The zero-order chi connectivity index (χ0) is 10.1. The van der Waals surface area contributed by atoms with E-state index in [4.69, 9.17) is 0 Å². The van der Waals surface area contributed by atoms with Gasteiger partial charge in [0.1, 0.15) is 5.69 Å². The zero-order valence-electron chi connectivity index (χ0n) is 8.01. The van der Waals surface area contributed by atoms with Crippen molar-refractivity contribution in [2.45, 2.75) is 25.8 Å². The van der Waals surface area contributed by atoms with Crippen LogP contribution >= 0.6 is 15.9 Å². The van der Waals surface area contributed by atoms with Gasteiger partial charge >= 0.3 is 0 Å². The first-order chi connectivity index (χ1) is 6.65. The van der Waals surface area contributed by atoms with Crippen molar-refractivity contribution in [1.29, 1.82) is 0 Å². The Bertz CT molecular complexity index is 342. The van der Waals surface area contributed by atoms with Gasteiger partial charge in [0.2, 0.25) is 0 Å². The van der Waals surface area contributed by atoms with Crippen molar-refractivity contribution in [3.05, 3.63) is 22.4 Å². The van der Waals surface area contributed by atoms with Crippen LogP contribution in [0.15, 0.2) is 16.7 Å². The lowest BCUT2D eigenvalue weighted by molar-refractivity contribution is 0.0891. The highest BCUT2D eigenvalue weighted by Gasteiger charge is 2.27. The molecule has 1 aliphatic rings. The zero-order valence-corrected chi connectivity index (χ0v) is 9.60. The van der Waals surface area contributed by atoms with Crippen LogP contribution in [0.4, 0.5) is 0 Å². The van der Waals surface area contributed by atoms with Crippen molar-refractivity contribution in [3.8, 4) is 0 Å². The van der Waals surface area contributed by atoms with Crippen LogP contribution < -0.4 is 5.32 Å². The molecule has 0 unspecified atom stereocenters. The molecule has 0 atom stereocenters. The largest absolute Gasteiger partial charge is 0.356 e. The highest BCUT2D eigenvalue weighted by Crippen LogP contribution is 2.26. The van der Waals surface area contributed by atoms with Crippen LogP contribution in [0.5, 0.6) is 0 Å². The molecule has 1 aromatic heterocycles. The van der Waals surface area contributed by atoms with Gasteiger partial charge in [-0.3, -0.25) is 4.79 Å². The molecule has 2 rings (SSSR count). The van der Waals surface area contributed by atoms with Crippen LogP contribution in [-0.4, -0.2) is 16.9 Å². The van der Waals surface area contributed by atoms with E-state index in [9.17, 15) is 4.79 Å². The van der Waals surface area contributed by atoms with Gasteiger partial charge in [-0.1, -0.05) is 6.92 Å². The number of hydrogen-bond acceptors (Lipinski definition) is 1. The summed E-state index contributed by atoms with van der Waals surface area (Å²) < 4.78 is 0.907. The van der Waals surface area contributed by atoms with Crippen LogP contribution in [0.1, 0.15) is 30.3 Å². The van der Waals surface area contributed by atoms with Gasteiger partial charge in [-0.25, -0.2) is 0 Å². The molecule has 14 heavy (non-hydrogen) atoms. The Morgan fingerprint density at radius 1 is 1.64 bits per heavy atom. The predicted octanol–water partition coefficient (Wildman–Crippen LogP) is 2.31. The Kier molecular flexibility index (Phi) is 2.63. The summed E-state index contributed by atoms with van der Waals surface area (Å²) in [6.45, 7) is 2.20. The number of nitrogens with one attached hydrogen (secondary N) is 2. The van der Waals surface area contributed by atoms with Gasteiger partial charge in [0, 0.05) is 16.7 Å². The standard InChI is InChI=1S/C10H13BrN2O/c1-6-2-8(3-6)13-10(14)9-4-7(11)5-12-9/h4-6,8,12H,2-3H2,1H3,(H,13,14). The van der Waals surface area contributed by atoms with E-state index in [0.29, 0.717) is 11.7 Å². The third-order valence-corrected chi connectivity index (χ3v) is 3.06. The van der Waals surface area contributed by atoms with Crippen LogP contribution in [0.3, 0.4) is 0 Å². The molecule has 0 aliphatic heterocycles. The molecular weight excluding hydrogens is 244 g/mol. The molecule has 1 heterocycles. The molecule has 0 spiro atoms. The van der Waals surface area contributed by atoms with Gasteiger partial charge < -0.3 is 10.3 Å². The van der Waals surface area contributed by atoms with Crippen LogP contribution in [-0.2, 0) is 0 Å². The van der Waals surface area contributed by atoms with E-state index in [-0.39, 0.29) is 5.91 Å². The molecule has 1 amide bonds. The highest BCUT2D eigenvalue weighted by molar-refractivity contribution is 9.10. The molecule has 76 valence electrons. The van der Waals surface area contributed by atoms with E-state index >= 15 is 0 Å². The lowest BCUT2D eigenvalue weighted by Gasteiger charge is -2.33. The van der Waals surface area contributed by atoms with Crippen molar-refractivity contribution < 1.29 is 4.79 Å². The summed E-state index contributed by atoms with van der Waals surface area (Å²) in [5, 5.41) is 2.99. The number of halogens is 1. The molecular formula is C10H13BrN2O. The molecule has 0 radical (unpaired) electrons. The summed E-state index contributed by atoms with van der Waals surface area (Å²) in [5.74, 6) is 0.753. The summed E-state index contributed by atoms with van der Waals surface area (Å²) in [6.07, 6.45) is 3.97. The molecule has 0 aromatic carbocycles. The SMILES string of the molecule is CC1CC(NC(=O)c2cc(Br)c[nH]2)C1. The number of aromatic amines is 1. The lowest BCUT2D eigenvalue weighted by Crippen LogP contribution is -2.43. The van der Waals surface area contributed by atoms with E-state index in [1.54, 1.807) is 12.3 Å². The number of carbonyl (C=O) groups is 1. The fourth-order valence-electron chi connectivity index (χ4n) is 1.78. The van der Waals surface area contributed by atoms with Crippen molar-refractivity contribution in [2.24, 2.45) is 5.92 Å². The maximum atomic E-state index is 11.6. The van der Waals surface area contributed by atoms with Crippen LogP contribution in [0.25, 0.3) is 0 Å². The Balaban J connectivity index is 1.90. The fourth-order valence-corrected chi connectivity index (χ4v) is 2.13. The third kappa shape index (κ3) is 2.00. The summed E-state index contributed by atoms with van der Waals surface area (Å²) in [6, 6.07) is 2.16. The van der Waals surface area contributed by atoms with Crippen molar-refractivity contribution in [2.75, 3.05) is 0 Å². The molecule has 2 N–H and O–H groups in total. The monoisotopic (exact) mass is 256 g/mol. The maximum absolute atomic E-state index is 11.6. The number of H-pyrrole nitrogens is 1. The molecule has 1 saturated carbocycles. The number of amides is 1. The third-order valence-electron chi connectivity index (χ3n) is 2.60. The van der Waals surface area contributed by atoms with Gasteiger partial charge in [0.05, 0.1) is 0 Å². The predicted molar refractivity (Wildman–Crippen MR) is 58.1 cm³/mol. The van der Waals surface area contributed by atoms with Gasteiger partial charge in [0.15, 0.2) is 0 Å². The Morgan fingerprint density at radius 3 is 2.86 bits per heavy atom. The van der Waals surface area contributed by atoms with E-state index < -0.39 is 0 Å². The summed E-state index contributed by atoms with van der Waals surface area (Å²) in [5.41, 5.74) is 0.622. The molecule has 1 fully saturated rings. The van der Waals surface area contributed by atoms with E-state index in [0.717, 1.165) is 23.2 Å². The first-order valence-corrected chi connectivity index (χ1v) is 5.59. The minimum atomic E-state index is -0.00685. The fraction of sp³-hybridized carbons (Fsp3) is 0.500. The second-order valence-electron chi connectivity index (χ2n) is 3.98. The molecule has 0 saturated heterocycles. The summed E-state index contributed by atoms with van der Waals surface area (Å²) in [4.78, 5) is 14.5. The van der Waals surface area contributed by atoms with Gasteiger partial charge in [-0.15, -0.1) is 0 Å². The maximum Gasteiger partial charge on any atom is 0.267 e. The number of hydrogen-bond donors (Lipinski definition) is 2. The average Bonchev–Trinajstić information content (AvgIpc) is 2.49. The van der Waals surface area contributed by atoms with Gasteiger partial charge in [0.25, 0.3) is 5.91 Å². The Labute approximate surface area is 91.4 Å². The Morgan fingerprint density at radius 2 is 2.36 bits per heavy atom. The molecule has 4 heteroatoms. The quantitative estimate of drug-likeness (QED) is 0.838. The minimum absolute atomic E-state index is 0.00685. The normalized spacial score (nSPS) is 25.6. The minimum Gasteiger partial charge on any atom is -0.356 e. The van der Waals surface area contributed by atoms with Gasteiger partial charge in [-0.2, -0.15) is 0 Å². The van der Waals surface area contributed by atoms with Gasteiger partial charge in [-0.05, 0) is 40.8 Å². The first kappa shape index (κ1) is 9.77.